The number of nitrogens with zero attached hydrogens (tertiary/aromatic N) is 4. The first-order valence-corrected chi connectivity index (χ1v) is 14.0. The van der Waals surface area contributed by atoms with Gasteiger partial charge in [-0.15, -0.1) is 0 Å². The molecule has 1 fully saturated rings. The first-order valence-electron chi connectivity index (χ1n) is 14.0. The van der Waals surface area contributed by atoms with Gasteiger partial charge in [-0.1, -0.05) is 49.6 Å². The summed E-state index contributed by atoms with van der Waals surface area (Å²) in [6.07, 6.45) is 12.0. The molecule has 2 aliphatic rings. The van der Waals surface area contributed by atoms with Crippen LogP contribution in [0.3, 0.4) is 0 Å². The van der Waals surface area contributed by atoms with Gasteiger partial charge in [-0.3, -0.25) is 15.0 Å². The minimum Gasteiger partial charge on any atom is -0.372 e. The van der Waals surface area contributed by atoms with E-state index in [0.717, 1.165) is 82.4 Å². The number of H-pyrrole nitrogens is 2. The Morgan fingerprint density at radius 2 is 1.93 bits per heavy atom. The molecule has 41 heavy (non-hydrogen) atoms. The summed E-state index contributed by atoms with van der Waals surface area (Å²) < 4.78 is 0. The Labute approximate surface area is 240 Å². The highest BCUT2D eigenvalue weighted by Crippen LogP contribution is 2.34. The maximum atomic E-state index is 4.74. The number of piperazine rings is 1. The molecule has 6 rings (SSSR count). The molecule has 3 aromatic heterocycles. The van der Waals surface area contributed by atoms with Gasteiger partial charge in [0.15, 0.2) is 0 Å². The van der Waals surface area contributed by atoms with Gasteiger partial charge in [0.25, 0.3) is 0 Å². The zero-order chi connectivity index (χ0) is 28.3. The lowest BCUT2D eigenvalue weighted by Gasteiger charge is -2.39. The van der Waals surface area contributed by atoms with Crippen LogP contribution in [-0.4, -0.2) is 63.2 Å². The van der Waals surface area contributed by atoms with Crippen LogP contribution in [0, 0.1) is 0 Å². The van der Waals surface area contributed by atoms with E-state index in [-0.39, 0.29) is 6.17 Å². The smallest absolute Gasteiger partial charge is 0.116 e. The van der Waals surface area contributed by atoms with Crippen LogP contribution in [-0.2, 0) is 0 Å². The molecule has 8 heteroatoms. The van der Waals surface area contributed by atoms with Gasteiger partial charge in [-0.25, -0.2) is 0 Å². The van der Waals surface area contributed by atoms with Crippen molar-refractivity contribution in [2.45, 2.75) is 13.1 Å². The fraction of sp³-hybridized carbons (Fsp3) is 0.212. The molecule has 1 unspecified atom stereocenters. The number of aromatic nitrogens is 4. The summed E-state index contributed by atoms with van der Waals surface area (Å²) in [5.41, 5.74) is 9.60. The molecule has 0 spiro atoms. The number of aromatic amines is 2. The van der Waals surface area contributed by atoms with E-state index in [1.54, 1.807) is 6.08 Å². The minimum atomic E-state index is 0.145. The van der Waals surface area contributed by atoms with Crippen molar-refractivity contribution < 1.29 is 0 Å². The number of pyridine rings is 1. The van der Waals surface area contributed by atoms with Gasteiger partial charge in [-0.05, 0) is 61.7 Å². The van der Waals surface area contributed by atoms with Crippen LogP contribution >= 0.6 is 0 Å². The number of nitrogens with one attached hydrogen (secondary N) is 4. The van der Waals surface area contributed by atoms with E-state index in [2.05, 4.69) is 75.0 Å². The molecule has 208 valence electrons. The van der Waals surface area contributed by atoms with Crippen molar-refractivity contribution in [3.8, 4) is 11.4 Å². The number of benzene rings is 1. The minimum absolute atomic E-state index is 0.145. The Kier molecular flexibility index (Phi) is 7.41. The maximum Gasteiger partial charge on any atom is 0.116 e. The summed E-state index contributed by atoms with van der Waals surface area (Å²) in [5.74, 6) is 0. The van der Waals surface area contributed by atoms with E-state index in [4.69, 9.17) is 10.1 Å². The topological polar surface area (TPSA) is 87.9 Å². The van der Waals surface area contributed by atoms with Gasteiger partial charge in [0.2, 0.25) is 0 Å². The normalized spacial score (nSPS) is 18.2. The Hall–Kier alpha value is -4.66. The molecular weight excluding hydrogens is 508 g/mol. The molecule has 1 atom stereocenters. The molecule has 1 saturated heterocycles. The van der Waals surface area contributed by atoms with Gasteiger partial charge in [0.1, 0.15) is 11.9 Å². The molecule has 8 nitrogen and oxygen atoms in total. The van der Waals surface area contributed by atoms with Crippen LogP contribution in [0.1, 0.15) is 35.6 Å². The van der Waals surface area contributed by atoms with Crippen molar-refractivity contribution in [2.24, 2.45) is 0 Å². The van der Waals surface area contributed by atoms with Crippen LogP contribution in [0.25, 0.3) is 39.6 Å². The molecule has 0 saturated carbocycles. The largest absolute Gasteiger partial charge is 0.372 e. The van der Waals surface area contributed by atoms with Crippen molar-refractivity contribution in [1.29, 1.82) is 0 Å². The predicted octanol–water partition coefficient (Wildman–Crippen LogP) is 5.51. The number of allylic oxidation sites excluding steroid dienone is 4. The molecule has 4 aromatic rings. The summed E-state index contributed by atoms with van der Waals surface area (Å²) in [6.45, 7) is 14.4. The molecule has 4 N–H and O–H groups in total. The van der Waals surface area contributed by atoms with Crippen molar-refractivity contribution >= 4 is 28.2 Å². The highest BCUT2D eigenvalue weighted by Gasteiger charge is 2.28. The second-order valence-corrected chi connectivity index (χ2v) is 10.5. The highest BCUT2D eigenvalue weighted by atomic mass is 15.3. The monoisotopic (exact) mass is 544 g/mol. The van der Waals surface area contributed by atoms with Crippen LogP contribution in [0.2, 0.25) is 0 Å². The SMILES string of the molecule is C=C/C(=C\C(=C/C)c1cc2c(-c3cc4c([nH]3)C=CNC4N3CCN(C)CC3)n[nH]c2cn1)NC(=C)c1ccccc1. The van der Waals surface area contributed by atoms with E-state index in [9.17, 15) is 0 Å². The molecule has 2 aliphatic heterocycles. The van der Waals surface area contributed by atoms with Crippen LogP contribution in [0.4, 0.5) is 0 Å². The lowest BCUT2D eigenvalue weighted by atomic mass is 10.1. The first kappa shape index (κ1) is 26.6. The van der Waals surface area contributed by atoms with Crippen LogP contribution in [0.15, 0.2) is 91.9 Å². The van der Waals surface area contributed by atoms with Crippen LogP contribution < -0.4 is 10.6 Å². The molecule has 0 bridgehead atoms. The molecule has 0 radical (unpaired) electrons. The number of rotatable bonds is 8. The van der Waals surface area contributed by atoms with Crippen LogP contribution in [0.5, 0.6) is 0 Å². The van der Waals surface area contributed by atoms with Crippen molar-refractivity contribution in [1.82, 2.24) is 40.6 Å². The zero-order valence-corrected chi connectivity index (χ0v) is 23.6. The number of hydrogen-bond acceptors (Lipinski definition) is 6. The number of hydrogen-bond donors (Lipinski definition) is 4. The zero-order valence-electron chi connectivity index (χ0n) is 23.6. The second-order valence-electron chi connectivity index (χ2n) is 10.5. The van der Waals surface area contributed by atoms with E-state index in [0.29, 0.717) is 0 Å². The maximum absolute atomic E-state index is 4.74. The van der Waals surface area contributed by atoms with Crippen molar-refractivity contribution in [3.05, 3.63) is 114 Å². The molecule has 0 amide bonds. The summed E-state index contributed by atoms with van der Waals surface area (Å²) in [6, 6.07) is 14.4. The van der Waals surface area contributed by atoms with E-state index >= 15 is 0 Å². The third-order valence-electron chi connectivity index (χ3n) is 7.84. The third-order valence-corrected chi connectivity index (χ3v) is 7.84. The number of likely N-dealkylation sites (N-methyl/N-ethyl adjacent to an activating group) is 1. The summed E-state index contributed by atoms with van der Waals surface area (Å²) in [4.78, 5) is 13.2. The quantitative estimate of drug-likeness (QED) is 0.219. The van der Waals surface area contributed by atoms with Gasteiger partial charge >= 0.3 is 0 Å². The summed E-state index contributed by atoms with van der Waals surface area (Å²) in [5, 5.41) is 15.8. The summed E-state index contributed by atoms with van der Waals surface area (Å²) >= 11 is 0. The van der Waals surface area contributed by atoms with Gasteiger partial charge in [0.05, 0.1) is 23.1 Å². The van der Waals surface area contributed by atoms with Crippen molar-refractivity contribution in [3.63, 3.8) is 0 Å². The molecule has 0 aliphatic carbocycles. The average molecular weight is 545 g/mol. The Morgan fingerprint density at radius 3 is 2.68 bits per heavy atom. The predicted molar refractivity (Wildman–Crippen MR) is 168 cm³/mol. The Bertz CT molecular complexity index is 1660. The average Bonchev–Trinajstić information content (AvgIpc) is 3.64. The van der Waals surface area contributed by atoms with E-state index in [1.165, 1.54) is 5.56 Å². The van der Waals surface area contributed by atoms with E-state index < -0.39 is 0 Å². The lowest BCUT2D eigenvalue weighted by molar-refractivity contribution is 0.101. The third kappa shape index (κ3) is 5.39. The lowest BCUT2D eigenvalue weighted by Crippen LogP contribution is -2.49. The molecular formula is C33H36N8. The second kappa shape index (κ2) is 11.4. The first-order chi connectivity index (χ1) is 20.0. The van der Waals surface area contributed by atoms with Gasteiger partial charge in [0, 0.05) is 54.2 Å². The van der Waals surface area contributed by atoms with Gasteiger partial charge in [-0.2, -0.15) is 5.10 Å². The molecule has 5 heterocycles. The molecule has 1 aromatic carbocycles. The van der Waals surface area contributed by atoms with Crippen molar-refractivity contribution in [2.75, 3.05) is 33.2 Å². The summed E-state index contributed by atoms with van der Waals surface area (Å²) in [7, 11) is 2.18. The Balaban J connectivity index is 1.29. The standard InChI is InChI=1S/C33H36N8/c1-5-23(18-25(6-2)36-22(3)24-10-8-7-9-11-24)29-19-26-31(21-35-29)38-39-32(26)30-20-27-28(37-30)12-13-34-33(27)41-16-14-40(4)15-17-41/h5-13,18-21,33-34,36-37H,2-3,14-17H2,1,4H3,(H,38,39)/b23-5+,25-18+. The van der Waals surface area contributed by atoms with Gasteiger partial charge < -0.3 is 20.5 Å². The Morgan fingerprint density at radius 1 is 1.12 bits per heavy atom. The highest BCUT2D eigenvalue weighted by molar-refractivity contribution is 5.94. The number of fused-ring (bicyclic) bond motifs is 2. The van der Waals surface area contributed by atoms with E-state index in [1.807, 2.05) is 55.7 Å². The fourth-order valence-corrected chi connectivity index (χ4v) is 5.46. The fourth-order valence-electron chi connectivity index (χ4n) is 5.46.